The first-order chi connectivity index (χ1) is 11.2. The monoisotopic (exact) mass is 312 g/mol. The predicted octanol–water partition coefficient (Wildman–Crippen LogP) is 2.63. The molecule has 0 bridgehead atoms. The molecule has 0 aliphatic heterocycles. The third kappa shape index (κ3) is 3.91. The molecule has 0 atom stereocenters. The van der Waals surface area contributed by atoms with Crippen molar-refractivity contribution in [2.45, 2.75) is 19.8 Å². The molecule has 0 aliphatic carbocycles. The number of H-pyrrole nitrogens is 1. The lowest BCUT2D eigenvalue weighted by Crippen LogP contribution is -2.27. The summed E-state index contributed by atoms with van der Waals surface area (Å²) < 4.78 is 4.95. The molecule has 0 saturated carbocycles. The molecule has 3 aromatic rings. The third-order valence-electron chi connectivity index (χ3n) is 3.68. The molecule has 0 unspecified atom stereocenters. The Balaban J connectivity index is 1.39. The van der Waals surface area contributed by atoms with E-state index in [2.05, 4.69) is 32.9 Å². The molecule has 1 aromatic carbocycles. The van der Waals surface area contributed by atoms with Gasteiger partial charge in [0.25, 0.3) is 0 Å². The van der Waals surface area contributed by atoms with E-state index in [1.807, 2.05) is 25.3 Å². The molecular weight excluding hydrogens is 292 g/mol. The molecule has 0 spiro atoms. The minimum absolute atomic E-state index is 0.0255. The fourth-order valence-corrected chi connectivity index (χ4v) is 2.52. The smallest absolute Gasteiger partial charge is 0.221 e. The van der Waals surface area contributed by atoms with Crippen LogP contribution < -0.4 is 10.6 Å². The Morgan fingerprint density at radius 2 is 2.17 bits per heavy atom. The number of carbonyl (C=O) groups excluding carboxylic acids is 1. The molecule has 2 aromatic heterocycles. The maximum Gasteiger partial charge on any atom is 0.221 e. The molecule has 0 saturated heterocycles. The first-order valence-corrected chi connectivity index (χ1v) is 7.71. The van der Waals surface area contributed by atoms with Gasteiger partial charge >= 0.3 is 0 Å². The first-order valence-electron chi connectivity index (χ1n) is 7.71. The standard InChI is InChI=1S/C17H20N4O2/c1-12-10-16(21-23-12)18-9-7-17(22)19-8-6-13-11-20-15-5-3-2-4-14(13)15/h2-5,10-11,20H,6-9H2,1H3,(H,18,21)(H,19,22). The molecule has 23 heavy (non-hydrogen) atoms. The largest absolute Gasteiger partial charge is 0.367 e. The summed E-state index contributed by atoms with van der Waals surface area (Å²) in [5.74, 6) is 1.43. The van der Waals surface area contributed by atoms with Crippen LogP contribution >= 0.6 is 0 Å². The Hall–Kier alpha value is -2.76. The number of nitrogens with zero attached hydrogens (tertiary/aromatic N) is 1. The van der Waals surface area contributed by atoms with E-state index in [-0.39, 0.29) is 5.91 Å². The Bertz CT molecular complexity index is 791. The maximum absolute atomic E-state index is 11.8. The Morgan fingerprint density at radius 1 is 1.30 bits per heavy atom. The number of aryl methyl sites for hydroxylation is 1. The molecule has 6 heteroatoms. The van der Waals surface area contributed by atoms with Crippen LogP contribution in [0.25, 0.3) is 10.9 Å². The highest BCUT2D eigenvalue weighted by atomic mass is 16.5. The SMILES string of the molecule is Cc1cc(NCCC(=O)NCCc2c[nH]c3ccccc23)no1. The zero-order valence-corrected chi connectivity index (χ0v) is 13.1. The predicted molar refractivity (Wildman–Crippen MR) is 89.4 cm³/mol. The van der Waals surface area contributed by atoms with Gasteiger partial charge in [-0.05, 0) is 25.0 Å². The van der Waals surface area contributed by atoms with E-state index in [0.717, 1.165) is 17.7 Å². The number of anilines is 1. The van der Waals surface area contributed by atoms with Crippen LogP contribution in [0.5, 0.6) is 0 Å². The average molecular weight is 312 g/mol. The minimum Gasteiger partial charge on any atom is -0.367 e. The lowest BCUT2D eigenvalue weighted by atomic mass is 10.1. The van der Waals surface area contributed by atoms with Crippen molar-refractivity contribution in [1.29, 1.82) is 0 Å². The van der Waals surface area contributed by atoms with Gasteiger partial charge < -0.3 is 20.1 Å². The van der Waals surface area contributed by atoms with Gasteiger partial charge in [0.05, 0.1) is 0 Å². The number of rotatable bonds is 7. The fourth-order valence-electron chi connectivity index (χ4n) is 2.52. The van der Waals surface area contributed by atoms with Crippen LogP contribution in [0.4, 0.5) is 5.82 Å². The number of carbonyl (C=O) groups is 1. The molecule has 3 N–H and O–H groups in total. The van der Waals surface area contributed by atoms with Crippen molar-refractivity contribution < 1.29 is 9.32 Å². The number of para-hydroxylation sites is 1. The van der Waals surface area contributed by atoms with Crippen molar-refractivity contribution in [1.82, 2.24) is 15.5 Å². The van der Waals surface area contributed by atoms with Crippen LogP contribution in [0.3, 0.4) is 0 Å². The lowest BCUT2D eigenvalue weighted by molar-refractivity contribution is -0.120. The summed E-state index contributed by atoms with van der Waals surface area (Å²) in [6.07, 6.45) is 3.22. The molecule has 0 radical (unpaired) electrons. The number of benzene rings is 1. The molecule has 2 heterocycles. The highest BCUT2D eigenvalue weighted by Gasteiger charge is 2.05. The van der Waals surface area contributed by atoms with Gasteiger partial charge in [0.2, 0.25) is 5.91 Å². The van der Waals surface area contributed by atoms with Gasteiger partial charge in [0.15, 0.2) is 5.82 Å². The Kier molecular flexibility index (Phi) is 4.61. The maximum atomic E-state index is 11.8. The van der Waals surface area contributed by atoms with Crippen LogP contribution in [0.1, 0.15) is 17.7 Å². The normalized spacial score (nSPS) is 10.8. The molecule has 0 aliphatic rings. The second-order valence-electron chi connectivity index (χ2n) is 5.46. The van der Waals surface area contributed by atoms with E-state index in [1.165, 1.54) is 10.9 Å². The summed E-state index contributed by atoms with van der Waals surface area (Å²) in [6.45, 7) is 2.99. The van der Waals surface area contributed by atoms with E-state index in [1.54, 1.807) is 6.07 Å². The second-order valence-corrected chi connectivity index (χ2v) is 5.46. The van der Waals surface area contributed by atoms with Crippen molar-refractivity contribution >= 4 is 22.6 Å². The molecule has 6 nitrogen and oxygen atoms in total. The number of aromatic amines is 1. The Morgan fingerprint density at radius 3 is 3.00 bits per heavy atom. The van der Waals surface area contributed by atoms with E-state index in [4.69, 9.17) is 4.52 Å². The van der Waals surface area contributed by atoms with Gasteiger partial charge in [-0.3, -0.25) is 4.79 Å². The highest BCUT2D eigenvalue weighted by Crippen LogP contribution is 2.17. The van der Waals surface area contributed by atoms with E-state index < -0.39 is 0 Å². The quantitative estimate of drug-likeness (QED) is 0.626. The summed E-state index contributed by atoms with van der Waals surface area (Å²) >= 11 is 0. The molecule has 0 fully saturated rings. The number of aromatic nitrogens is 2. The van der Waals surface area contributed by atoms with Crippen LogP contribution in [-0.2, 0) is 11.2 Å². The first kappa shape index (κ1) is 15.1. The Labute approximate surface area is 134 Å². The summed E-state index contributed by atoms with van der Waals surface area (Å²) in [6, 6.07) is 9.97. The summed E-state index contributed by atoms with van der Waals surface area (Å²) in [7, 11) is 0. The molecule has 3 rings (SSSR count). The van der Waals surface area contributed by atoms with Gasteiger partial charge in [-0.25, -0.2) is 0 Å². The van der Waals surface area contributed by atoms with Crippen molar-refractivity contribution in [3.05, 3.63) is 47.9 Å². The molecular formula is C17H20N4O2. The number of fused-ring (bicyclic) bond motifs is 1. The average Bonchev–Trinajstić information content (AvgIpc) is 3.14. The lowest BCUT2D eigenvalue weighted by Gasteiger charge is -2.05. The third-order valence-corrected chi connectivity index (χ3v) is 3.68. The van der Waals surface area contributed by atoms with Crippen LogP contribution in [0.2, 0.25) is 0 Å². The van der Waals surface area contributed by atoms with Crippen molar-refractivity contribution in [3.63, 3.8) is 0 Å². The van der Waals surface area contributed by atoms with E-state index in [9.17, 15) is 4.79 Å². The van der Waals surface area contributed by atoms with Crippen LogP contribution in [0.15, 0.2) is 41.1 Å². The summed E-state index contributed by atoms with van der Waals surface area (Å²) in [5.41, 5.74) is 2.35. The minimum atomic E-state index is 0.0255. The molecule has 1 amide bonds. The number of nitrogens with one attached hydrogen (secondary N) is 3. The summed E-state index contributed by atoms with van der Waals surface area (Å²) in [5, 5.41) is 11.0. The number of amides is 1. The fraction of sp³-hybridized carbons (Fsp3) is 0.294. The van der Waals surface area contributed by atoms with Gasteiger partial charge in [-0.1, -0.05) is 23.4 Å². The van der Waals surface area contributed by atoms with Crippen molar-refractivity contribution in [2.75, 3.05) is 18.4 Å². The van der Waals surface area contributed by atoms with Gasteiger partial charge in [-0.2, -0.15) is 0 Å². The number of hydrogen-bond donors (Lipinski definition) is 3. The van der Waals surface area contributed by atoms with Gasteiger partial charge in [-0.15, -0.1) is 0 Å². The highest BCUT2D eigenvalue weighted by molar-refractivity contribution is 5.83. The van der Waals surface area contributed by atoms with E-state index >= 15 is 0 Å². The topological polar surface area (TPSA) is 83.0 Å². The van der Waals surface area contributed by atoms with Crippen molar-refractivity contribution in [3.8, 4) is 0 Å². The summed E-state index contributed by atoms with van der Waals surface area (Å²) in [4.78, 5) is 15.1. The zero-order chi connectivity index (χ0) is 16.1. The zero-order valence-electron chi connectivity index (χ0n) is 13.1. The van der Waals surface area contributed by atoms with Crippen molar-refractivity contribution in [2.24, 2.45) is 0 Å². The second kappa shape index (κ2) is 7.00. The van der Waals surface area contributed by atoms with Gasteiger partial charge in [0.1, 0.15) is 5.76 Å². The van der Waals surface area contributed by atoms with E-state index in [0.29, 0.717) is 25.3 Å². The molecule has 120 valence electrons. The number of hydrogen-bond acceptors (Lipinski definition) is 4. The van der Waals surface area contributed by atoms with Crippen LogP contribution in [-0.4, -0.2) is 29.1 Å². The van der Waals surface area contributed by atoms with Crippen LogP contribution in [0, 0.1) is 6.92 Å². The van der Waals surface area contributed by atoms with Gasteiger partial charge in [0, 0.05) is 42.7 Å².